The third-order valence-corrected chi connectivity index (χ3v) is 4.57. The molecule has 2 unspecified atom stereocenters. The van der Waals surface area contributed by atoms with E-state index >= 15 is 0 Å². The van der Waals surface area contributed by atoms with Gasteiger partial charge in [-0.25, -0.2) is 0 Å². The maximum Gasteiger partial charge on any atom is 0.317 e. The van der Waals surface area contributed by atoms with Crippen molar-refractivity contribution < 1.29 is 34.8 Å². The Morgan fingerprint density at radius 2 is 1.43 bits per heavy atom. The van der Waals surface area contributed by atoms with Crippen LogP contribution in [0.2, 0.25) is 0 Å². The molecular formula is C17H32N4O7. The molecule has 1 aliphatic rings. The second kappa shape index (κ2) is 12.6. The Morgan fingerprint density at radius 1 is 0.893 bits per heavy atom. The minimum absolute atomic E-state index is 0.134. The molecule has 0 aromatic heterocycles. The van der Waals surface area contributed by atoms with E-state index in [9.17, 15) is 29.7 Å². The summed E-state index contributed by atoms with van der Waals surface area (Å²) in [4.78, 5) is 38.8. The van der Waals surface area contributed by atoms with Crippen LogP contribution in [0.3, 0.4) is 0 Å². The molecule has 1 heterocycles. The largest absolute Gasteiger partial charge is 0.480 e. The molecule has 0 spiro atoms. The summed E-state index contributed by atoms with van der Waals surface area (Å²) >= 11 is 0. The van der Waals surface area contributed by atoms with Crippen LogP contribution < -0.4 is 5.32 Å². The summed E-state index contributed by atoms with van der Waals surface area (Å²) in [7, 11) is 0. The first kappa shape index (κ1) is 24.2. The van der Waals surface area contributed by atoms with Gasteiger partial charge in [0.25, 0.3) is 0 Å². The molecule has 1 aliphatic heterocycles. The molecule has 0 saturated carbocycles. The first-order chi connectivity index (χ1) is 13.2. The predicted octanol–water partition coefficient (Wildman–Crippen LogP) is -2.11. The highest BCUT2D eigenvalue weighted by Gasteiger charge is 2.26. The van der Waals surface area contributed by atoms with Crippen LogP contribution in [0.15, 0.2) is 0 Å². The van der Waals surface area contributed by atoms with E-state index in [0.29, 0.717) is 45.7 Å². The Kier molecular flexibility index (Phi) is 10.9. The van der Waals surface area contributed by atoms with Gasteiger partial charge in [0.15, 0.2) is 0 Å². The zero-order chi connectivity index (χ0) is 21.1. The molecule has 1 saturated heterocycles. The highest BCUT2D eigenvalue weighted by atomic mass is 16.4. The SMILES string of the molecule is CC(O)CC1CN(CC(=O)O)CCN(CC(=O)O)CCNCCN1CC(=O)O. The maximum absolute atomic E-state index is 11.3. The highest BCUT2D eigenvalue weighted by molar-refractivity contribution is 5.70. The standard InChI is InChI=1S/C17H32N4O7/c1-13(22)8-14-9-20(11-16(25)26)7-6-19(10-15(23)24)4-2-18-3-5-21(14)12-17(27)28/h13-14,18,22H,2-12H2,1H3,(H,23,24)(H,25,26)(H,27,28). The van der Waals surface area contributed by atoms with Crippen LogP contribution >= 0.6 is 0 Å². The molecule has 162 valence electrons. The predicted molar refractivity (Wildman–Crippen MR) is 100 cm³/mol. The van der Waals surface area contributed by atoms with Gasteiger partial charge in [0.2, 0.25) is 0 Å². The quantitative estimate of drug-likeness (QED) is 0.302. The lowest BCUT2D eigenvalue weighted by molar-refractivity contribution is -0.141. The molecule has 0 bridgehead atoms. The van der Waals surface area contributed by atoms with Crippen LogP contribution in [0.4, 0.5) is 0 Å². The van der Waals surface area contributed by atoms with Gasteiger partial charge in [-0.3, -0.25) is 29.1 Å². The number of aliphatic hydroxyl groups is 1. The molecule has 28 heavy (non-hydrogen) atoms. The van der Waals surface area contributed by atoms with Gasteiger partial charge in [-0.05, 0) is 13.3 Å². The minimum Gasteiger partial charge on any atom is -0.480 e. The van der Waals surface area contributed by atoms with Gasteiger partial charge in [-0.15, -0.1) is 0 Å². The third-order valence-electron chi connectivity index (χ3n) is 4.57. The summed E-state index contributed by atoms with van der Waals surface area (Å²) in [6.45, 7) is 3.96. The van der Waals surface area contributed by atoms with Crippen molar-refractivity contribution in [2.45, 2.75) is 25.5 Å². The van der Waals surface area contributed by atoms with E-state index in [4.69, 9.17) is 5.11 Å². The van der Waals surface area contributed by atoms with Crippen molar-refractivity contribution >= 4 is 17.9 Å². The summed E-state index contributed by atoms with van der Waals surface area (Å²) in [5.74, 6) is -2.95. The van der Waals surface area contributed by atoms with E-state index in [2.05, 4.69) is 5.32 Å². The Morgan fingerprint density at radius 3 is 2.00 bits per heavy atom. The molecule has 11 heteroatoms. The van der Waals surface area contributed by atoms with Gasteiger partial charge in [0.05, 0.1) is 25.7 Å². The summed E-state index contributed by atoms with van der Waals surface area (Å²) < 4.78 is 0. The van der Waals surface area contributed by atoms with Crippen molar-refractivity contribution in [3.63, 3.8) is 0 Å². The molecule has 0 radical (unpaired) electrons. The number of carboxylic acids is 3. The lowest BCUT2D eigenvalue weighted by atomic mass is 10.1. The van der Waals surface area contributed by atoms with Crippen LogP contribution in [-0.2, 0) is 14.4 Å². The van der Waals surface area contributed by atoms with Gasteiger partial charge in [0.1, 0.15) is 0 Å². The van der Waals surface area contributed by atoms with Crippen LogP contribution in [0.1, 0.15) is 13.3 Å². The number of carbonyl (C=O) groups is 3. The van der Waals surface area contributed by atoms with Crippen molar-refractivity contribution in [1.29, 1.82) is 0 Å². The van der Waals surface area contributed by atoms with Crippen molar-refractivity contribution in [2.75, 3.05) is 65.4 Å². The average molecular weight is 404 g/mol. The average Bonchev–Trinajstić information content (AvgIpc) is 2.54. The summed E-state index contributed by atoms with van der Waals surface area (Å²) in [6.07, 6.45) is -0.361. The molecule has 0 amide bonds. The fourth-order valence-electron chi connectivity index (χ4n) is 3.35. The number of hydrogen-bond donors (Lipinski definition) is 5. The lowest BCUT2D eigenvalue weighted by Crippen LogP contribution is -2.52. The normalized spacial score (nSPS) is 22.7. The van der Waals surface area contributed by atoms with Crippen molar-refractivity contribution in [2.24, 2.45) is 0 Å². The number of rotatable bonds is 8. The minimum atomic E-state index is -1.01. The van der Waals surface area contributed by atoms with Gasteiger partial charge in [0, 0.05) is 51.9 Å². The molecule has 1 fully saturated rings. The Bertz CT molecular complexity index is 518. The Hall–Kier alpha value is -1.79. The van der Waals surface area contributed by atoms with E-state index in [1.807, 2.05) is 0 Å². The smallest absolute Gasteiger partial charge is 0.317 e. The first-order valence-electron chi connectivity index (χ1n) is 9.40. The molecular weight excluding hydrogens is 372 g/mol. The number of carboxylic acid groups (broad SMARTS) is 3. The van der Waals surface area contributed by atoms with E-state index in [-0.39, 0.29) is 32.2 Å². The van der Waals surface area contributed by atoms with Crippen LogP contribution in [0.25, 0.3) is 0 Å². The summed E-state index contributed by atoms with van der Waals surface area (Å²) in [5, 5.41) is 40.6. The summed E-state index contributed by atoms with van der Waals surface area (Å²) in [6, 6.07) is -0.343. The van der Waals surface area contributed by atoms with Crippen LogP contribution in [0.5, 0.6) is 0 Å². The molecule has 2 atom stereocenters. The lowest BCUT2D eigenvalue weighted by Gasteiger charge is -2.36. The van der Waals surface area contributed by atoms with Gasteiger partial charge < -0.3 is 25.7 Å². The van der Waals surface area contributed by atoms with E-state index in [1.165, 1.54) is 0 Å². The number of aliphatic carboxylic acids is 3. The van der Waals surface area contributed by atoms with Gasteiger partial charge in [-0.1, -0.05) is 0 Å². The number of aliphatic hydroxyl groups excluding tert-OH is 1. The molecule has 0 aliphatic carbocycles. The molecule has 11 nitrogen and oxygen atoms in total. The van der Waals surface area contributed by atoms with Crippen LogP contribution in [0, 0.1) is 0 Å². The second-order valence-electron chi connectivity index (χ2n) is 7.15. The maximum atomic E-state index is 11.3. The zero-order valence-corrected chi connectivity index (χ0v) is 16.3. The topological polar surface area (TPSA) is 154 Å². The summed E-state index contributed by atoms with van der Waals surface area (Å²) in [5.41, 5.74) is 0. The Balaban J connectivity index is 2.99. The van der Waals surface area contributed by atoms with Gasteiger partial charge >= 0.3 is 17.9 Å². The molecule has 0 aromatic rings. The fraction of sp³-hybridized carbons (Fsp3) is 0.824. The second-order valence-corrected chi connectivity index (χ2v) is 7.15. The van der Waals surface area contributed by atoms with Crippen molar-refractivity contribution in [3.8, 4) is 0 Å². The van der Waals surface area contributed by atoms with Crippen LogP contribution in [-0.4, -0.2) is 131 Å². The number of nitrogens with one attached hydrogen (secondary N) is 1. The first-order valence-corrected chi connectivity index (χ1v) is 9.40. The van der Waals surface area contributed by atoms with Gasteiger partial charge in [-0.2, -0.15) is 0 Å². The van der Waals surface area contributed by atoms with E-state index in [1.54, 1.807) is 21.6 Å². The Labute approximate surface area is 164 Å². The van der Waals surface area contributed by atoms with E-state index < -0.39 is 24.0 Å². The molecule has 0 aromatic carbocycles. The monoisotopic (exact) mass is 404 g/mol. The molecule has 1 rings (SSSR count). The fourth-order valence-corrected chi connectivity index (χ4v) is 3.35. The van der Waals surface area contributed by atoms with Crippen molar-refractivity contribution in [1.82, 2.24) is 20.0 Å². The van der Waals surface area contributed by atoms with E-state index in [0.717, 1.165) is 0 Å². The van der Waals surface area contributed by atoms with Crippen molar-refractivity contribution in [3.05, 3.63) is 0 Å². The highest BCUT2D eigenvalue weighted by Crippen LogP contribution is 2.11. The zero-order valence-electron chi connectivity index (χ0n) is 16.3. The third kappa shape index (κ3) is 10.5. The number of hydrogen-bond acceptors (Lipinski definition) is 8. The molecule has 5 N–H and O–H groups in total. The number of nitrogens with zero attached hydrogens (tertiary/aromatic N) is 3.